The lowest BCUT2D eigenvalue weighted by Gasteiger charge is -2.40. The molecule has 3 aromatic rings. The predicted molar refractivity (Wildman–Crippen MR) is 118 cm³/mol. The molecule has 2 aliphatic heterocycles. The zero-order chi connectivity index (χ0) is 23.1. The van der Waals surface area contributed by atoms with Crippen molar-refractivity contribution in [3.05, 3.63) is 45.4 Å². The summed E-state index contributed by atoms with van der Waals surface area (Å²) in [7, 11) is 0. The van der Waals surface area contributed by atoms with E-state index in [1.807, 2.05) is 0 Å². The van der Waals surface area contributed by atoms with E-state index in [1.54, 1.807) is 10.3 Å². The molecular formula is C21H20FN5O5S. The number of carboxylic acid groups (broad SMARTS) is 1. The van der Waals surface area contributed by atoms with Crippen LogP contribution < -0.4 is 15.6 Å². The Morgan fingerprint density at radius 1 is 1.33 bits per heavy atom. The van der Waals surface area contributed by atoms with Gasteiger partial charge in [-0.3, -0.25) is 14.2 Å². The number of aromatic nitrogens is 3. The molecule has 0 spiro atoms. The van der Waals surface area contributed by atoms with Crippen molar-refractivity contribution >= 4 is 40.1 Å². The Hall–Kier alpha value is -3.38. The molecule has 1 atom stereocenters. The van der Waals surface area contributed by atoms with E-state index in [2.05, 4.69) is 15.3 Å². The lowest BCUT2D eigenvalue weighted by molar-refractivity contribution is -0.127. The number of halogens is 1. The van der Waals surface area contributed by atoms with Crippen LogP contribution in [0.1, 0.15) is 23.2 Å². The van der Waals surface area contributed by atoms with E-state index in [0.717, 1.165) is 25.1 Å². The smallest absolute Gasteiger partial charge is 0.341 e. The molecule has 1 unspecified atom stereocenters. The Morgan fingerprint density at radius 2 is 2.15 bits per heavy atom. The molecule has 33 heavy (non-hydrogen) atoms. The maximum atomic E-state index is 14.9. The van der Waals surface area contributed by atoms with E-state index in [9.17, 15) is 23.9 Å². The fourth-order valence-electron chi connectivity index (χ4n) is 4.06. The molecule has 172 valence electrons. The van der Waals surface area contributed by atoms with Crippen LogP contribution >= 0.6 is 11.3 Å². The third-order valence-corrected chi connectivity index (χ3v) is 6.60. The van der Waals surface area contributed by atoms with Crippen LogP contribution in [0.25, 0.3) is 16.2 Å². The van der Waals surface area contributed by atoms with Crippen LogP contribution in [0.2, 0.25) is 0 Å². The average molecular weight is 473 g/mol. The number of hydrogen-bond donors (Lipinski definition) is 2. The highest BCUT2D eigenvalue weighted by Crippen LogP contribution is 2.29. The van der Waals surface area contributed by atoms with Crippen molar-refractivity contribution in [2.45, 2.75) is 18.9 Å². The molecule has 12 heteroatoms. The Kier molecular flexibility index (Phi) is 5.54. The van der Waals surface area contributed by atoms with Gasteiger partial charge in [0.2, 0.25) is 11.3 Å². The largest absolute Gasteiger partial charge is 0.477 e. The molecule has 5 heterocycles. The number of carboxylic acids is 1. The fourth-order valence-corrected chi connectivity index (χ4v) is 4.68. The number of carbonyl (C=O) groups excluding carboxylic acids is 1. The topological polar surface area (TPSA) is 127 Å². The van der Waals surface area contributed by atoms with Crippen molar-refractivity contribution in [2.24, 2.45) is 5.92 Å². The molecule has 3 aromatic heterocycles. The normalized spacial score (nSPS) is 18.8. The highest BCUT2D eigenvalue weighted by atomic mass is 32.1. The van der Waals surface area contributed by atoms with Gasteiger partial charge in [0.15, 0.2) is 22.4 Å². The SMILES string of the molecule is O=C(O)c1cn(-c2nccs2)c2nc(N3CC(C(=O)NC4CCCOC4)C3)c(F)cc2c1=O. The first kappa shape index (κ1) is 21.5. The van der Waals surface area contributed by atoms with Gasteiger partial charge in [0.05, 0.1) is 24.0 Å². The summed E-state index contributed by atoms with van der Waals surface area (Å²) in [5.74, 6) is -2.59. The molecule has 0 bridgehead atoms. The number of rotatable bonds is 5. The third-order valence-electron chi connectivity index (χ3n) is 5.83. The van der Waals surface area contributed by atoms with Crippen LogP contribution in [0.4, 0.5) is 10.2 Å². The van der Waals surface area contributed by atoms with Crippen LogP contribution in [0.5, 0.6) is 0 Å². The van der Waals surface area contributed by atoms with E-state index < -0.39 is 22.8 Å². The van der Waals surface area contributed by atoms with Gasteiger partial charge in [-0.1, -0.05) is 0 Å². The minimum absolute atomic E-state index is 0.000306. The molecule has 2 aliphatic rings. The lowest BCUT2D eigenvalue weighted by atomic mass is 9.98. The number of pyridine rings is 2. The number of ether oxygens (including phenoxy) is 1. The first-order valence-electron chi connectivity index (χ1n) is 10.4. The van der Waals surface area contributed by atoms with Crippen LogP contribution in [0, 0.1) is 11.7 Å². The molecule has 1 amide bonds. The number of aromatic carboxylic acids is 1. The van der Waals surface area contributed by atoms with Crippen molar-refractivity contribution in [2.75, 3.05) is 31.2 Å². The number of fused-ring (bicyclic) bond motifs is 1. The van der Waals surface area contributed by atoms with E-state index >= 15 is 0 Å². The maximum absolute atomic E-state index is 14.9. The molecule has 2 saturated heterocycles. The summed E-state index contributed by atoms with van der Waals surface area (Å²) in [5, 5.41) is 14.3. The van der Waals surface area contributed by atoms with E-state index in [1.165, 1.54) is 22.1 Å². The summed E-state index contributed by atoms with van der Waals surface area (Å²) in [6.45, 7) is 1.76. The summed E-state index contributed by atoms with van der Waals surface area (Å²) in [4.78, 5) is 46.8. The van der Waals surface area contributed by atoms with Gasteiger partial charge in [0.25, 0.3) is 0 Å². The molecule has 2 fully saturated rings. The summed E-state index contributed by atoms with van der Waals surface area (Å²) in [5.41, 5.74) is -1.22. The van der Waals surface area contributed by atoms with Gasteiger partial charge in [-0.2, -0.15) is 0 Å². The molecule has 0 saturated carbocycles. The van der Waals surface area contributed by atoms with Gasteiger partial charge in [-0.05, 0) is 18.9 Å². The number of carbonyl (C=O) groups is 2. The molecular weight excluding hydrogens is 453 g/mol. The summed E-state index contributed by atoms with van der Waals surface area (Å²) >= 11 is 1.22. The molecule has 0 aromatic carbocycles. The summed E-state index contributed by atoms with van der Waals surface area (Å²) in [6, 6.07) is 0.996. The zero-order valence-corrected chi connectivity index (χ0v) is 18.2. The Morgan fingerprint density at radius 3 is 2.82 bits per heavy atom. The third kappa shape index (κ3) is 3.95. The van der Waals surface area contributed by atoms with Crippen LogP contribution in [-0.2, 0) is 9.53 Å². The van der Waals surface area contributed by atoms with Crippen LogP contribution in [-0.4, -0.2) is 63.9 Å². The van der Waals surface area contributed by atoms with Gasteiger partial charge >= 0.3 is 5.97 Å². The quantitative estimate of drug-likeness (QED) is 0.570. The second-order valence-electron chi connectivity index (χ2n) is 8.05. The van der Waals surface area contributed by atoms with E-state index in [-0.39, 0.29) is 47.8 Å². The van der Waals surface area contributed by atoms with E-state index in [4.69, 9.17) is 4.74 Å². The number of thiazole rings is 1. The molecule has 5 rings (SSSR count). The summed E-state index contributed by atoms with van der Waals surface area (Å²) in [6.07, 6.45) is 4.46. The van der Waals surface area contributed by atoms with Crippen molar-refractivity contribution in [3.8, 4) is 5.13 Å². The zero-order valence-electron chi connectivity index (χ0n) is 17.4. The van der Waals surface area contributed by atoms with Crippen LogP contribution in [0.3, 0.4) is 0 Å². The van der Waals surface area contributed by atoms with Gasteiger partial charge in [0, 0.05) is 37.5 Å². The number of nitrogens with one attached hydrogen (secondary N) is 1. The highest BCUT2D eigenvalue weighted by molar-refractivity contribution is 7.12. The molecule has 10 nitrogen and oxygen atoms in total. The predicted octanol–water partition coefficient (Wildman–Crippen LogP) is 1.41. The Labute approximate surface area is 190 Å². The molecule has 0 aliphatic carbocycles. The lowest BCUT2D eigenvalue weighted by Crippen LogP contribution is -2.56. The molecule has 0 radical (unpaired) electrons. The van der Waals surface area contributed by atoms with Crippen molar-refractivity contribution in [1.82, 2.24) is 19.9 Å². The van der Waals surface area contributed by atoms with Gasteiger partial charge in [-0.15, -0.1) is 11.3 Å². The average Bonchev–Trinajstić information content (AvgIpc) is 3.29. The van der Waals surface area contributed by atoms with Gasteiger partial charge in [-0.25, -0.2) is 19.2 Å². The highest BCUT2D eigenvalue weighted by Gasteiger charge is 2.36. The van der Waals surface area contributed by atoms with E-state index in [0.29, 0.717) is 18.3 Å². The summed E-state index contributed by atoms with van der Waals surface area (Å²) < 4.78 is 21.7. The number of anilines is 1. The first-order valence-corrected chi connectivity index (χ1v) is 11.3. The second-order valence-corrected chi connectivity index (χ2v) is 8.92. The standard InChI is InChI=1S/C21H20FN5O5S/c22-15-6-13-16(28)14(20(30)31)9-27(21-23-3-5-33-21)17(13)25-18(15)26-7-11(8-26)19(29)24-12-2-1-4-32-10-12/h3,5-6,9,11-12H,1-2,4,7-8,10H2,(H,24,29)(H,30,31). The second kappa shape index (κ2) is 8.52. The van der Waals surface area contributed by atoms with Crippen molar-refractivity contribution < 1.29 is 23.8 Å². The molecule has 2 N–H and O–H groups in total. The van der Waals surface area contributed by atoms with Crippen LogP contribution in [0.15, 0.2) is 28.6 Å². The first-order chi connectivity index (χ1) is 15.9. The number of nitrogens with zero attached hydrogens (tertiary/aromatic N) is 4. The number of hydrogen-bond acceptors (Lipinski definition) is 8. The van der Waals surface area contributed by atoms with Gasteiger partial charge in [0.1, 0.15) is 5.56 Å². The maximum Gasteiger partial charge on any atom is 0.341 e. The Balaban J connectivity index is 1.44. The monoisotopic (exact) mass is 473 g/mol. The minimum atomic E-state index is -1.42. The number of amides is 1. The Bertz CT molecular complexity index is 1280. The minimum Gasteiger partial charge on any atom is -0.477 e. The van der Waals surface area contributed by atoms with Crippen molar-refractivity contribution in [1.29, 1.82) is 0 Å². The van der Waals surface area contributed by atoms with Crippen molar-refractivity contribution in [3.63, 3.8) is 0 Å². The fraction of sp³-hybridized carbons (Fsp3) is 0.381. The van der Waals surface area contributed by atoms with Gasteiger partial charge < -0.3 is 20.1 Å².